The van der Waals surface area contributed by atoms with Crippen molar-refractivity contribution >= 4 is 44.2 Å². The highest BCUT2D eigenvalue weighted by molar-refractivity contribution is 7.22. The van der Waals surface area contributed by atoms with E-state index in [2.05, 4.69) is 15.6 Å². The Morgan fingerprint density at radius 2 is 1.96 bits per heavy atom. The molecule has 6 nitrogen and oxygen atoms in total. The summed E-state index contributed by atoms with van der Waals surface area (Å²) in [5.74, 6) is 0.226. The van der Waals surface area contributed by atoms with E-state index in [0.29, 0.717) is 27.6 Å². The summed E-state index contributed by atoms with van der Waals surface area (Å²) < 4.78 is 6.05. The molecule has 0 fully saturated rings. The molecular formula is C17H15N3O3S. The standard InChI is InChI=1S/C17H15N3O3S/c1-10(21)18-17-20-14-9-12(6-7-15(14)24-17)19-16(22)11-4-3-5-13(8-11)23-2/h3-9H,1-2H3,(H,19,22)(H,18,20,21). The van der Waals surface area contributed by atoms with Gasteiger partial charge < -0.3 is 15.4 Å². The zero-order valence-corrected chi connectivity index (χ0v) is 13.9. The van der Waals surface area contributed by atoms with E-state index in [-0.39, 0.29) is 11.8 Å². The maximum Gasteiger partial charge on any atom is 0.255 e. The number of carbonyl (C=O) groups is 2. The second-order valence-electron chi connectivity index (χ2n) is 5.07. The number of anilines is 2. The molecule has 122 valence electrons. The summed E-state index contributed by atoms with van der Waals surface area (Å²) in [4.78, 5) is 27.8. The highest BCUT2D eigenvalue weighted by Gasteiger charge is 2.10. The van der Waals surface area contributed by atoms with E-state index in [4.69, 9.17) is 4.74 Å². The van der Waals surface area contributed by atoms with Gasteiger partial charge in [-0.05, 0) is 36.4 Å². The number of ether oxygens (including phenoxy) is 1. The van der Waals surface area contributed by atoms with E-state index in [0.717, 1.165) is 4.70 Å². The average Bonchev–Trinajstić information content (AvgIpc) is 2.95. The number of hydrogen-bond acceptors (Lipinski definition) is 5. The minimum absolute atomic E-state index is 0.166. The van der Waals surface area contributed by atoms with Crippen LogP contribution in [0.3, 0.4) is 0 Å². The Hall–Kier alpha value is -2.93. The maximum atomic E-state index is 12.3. The third-order valence-electron chi connectivity index (χ3n) is 3.26. The molecule has 0 radical (unpaired) electrons. The summed E-state index contributed by atoms with van der Waals surface area (Å²) in [5.41, 5.74) is 1.86. The van der Waals surface area contributed by atoms with Gasteiger partial charge in [-0.15, -0.1) is 0 Å². The average molecular weight is 341 g/mol. The lowest BCUT2D eigenvalue weighted by Crippen LogP contribution is -2.11. The molecule has 2 N–H and O–H groups in total. The summed E-state index contributed by atoms with van der Waals surface area (Å²) >= 11 is 1.38. The Morgan fingerprint density at radius 3 is 2.71 bits per heavy atom. The zero-order valence-electron chi connectivity index (χ0n) is 13.1. The summed E-state index contributed by atoms with van der Waals surface area (Å²) in [6.45, 7) is 1.44. The largest absolute Gasteiger partial charge is 0.497 e. The molecule has 0 bridgehead atoms. The monoisotopic (exact) mass is 341 g/mol. The SMILES string of the molecule is COc1cccc(C(=O)Nc2ccc3sc(NC(C)=O)nc3c2)c1. The number of fused-ring (bicyclic) bond motifs is 1. The number of nitrogens with zero attached hydrogens (tertiary/aromatic N) is 1. The van der Waals surface area contributed by atoms with Gasteiger partial charge in [0, 0.05) is 18.2 Å². The lowest BCUT2D eigenvalue weighted by atomic mass is 10.2. The van der Waals surface area contributed by atoms with Gasteiger partial charge in [0.05, 0.1) is 17.3 Å². The van der Waals surface area contributed by atoms with Crippen molar-refractivity contribution in [2.24, 2.45) is 0 Å². The molecule has 1 aromatic heterocycles. The van der Waals surface area contributed by atoms with Crippen molar-refractivity contribution in [1.82, 2.24) is 4.98 Å². The molecule has 1 heterocycles. The van der Waals surface area contributed by atoms with Crippen LogP contribution < -0.4 is 15.4 Å². The van der Waals surface area contributed by atoms with E-state index >= 15 is 0 Å². The van der Waals surface area contributed by atoms with Crippen LogP contribution in [-0.2, 0) is 4.79 Å². The van der Waals surface area contributed by atoms with Crippen molar-refractivity contribution in [3.05, 3.63) is 48.0 Å². The van der Waals surface area contributed by atoms with Gasteiger partial charge in [0.2, 0.25) is 5.91 Å². The first-order valence-electron chi connectivity index (χ1n) is 7.19. The lowest BCUT2D eigenvalue weighted by Gasteiger charge is -2.06. The van der Waals surface area contributed by atoms with E-state index in [1.54, 1.807) is 43.5 Å². The van der Waals surface area contributed by atoms with Crippen LogP contribution in [0.4, 0.5) is 10.8 Å². The second-order valence-corrected chi connectivity index (χ2v) is 6.10. The minimum Gasteiger partial charge on any atom is -0.497 e. The van der Waals surface area contributed by atoms with Crippen LogP contribution in [0.5, 0.6) is 5.75 Å². The number of methoxy groups -OCH3 is 1. The minimum atomic E-state index is -0.231. The van der Waals surface area contributed by atoms with Gasteiger partial charge in [0.1, 0.15) is 5.75 Å². The predicted molar refractivity (Wildman–Crippen MR) is 94.9 cm³/mol. The van der Waals surface area contributed by atoms with Crippen LogP contribution >= 0.6 is 11.3 Å². The van der Waals surface area contributed by atoms with Crippen LogP contribution in [0.15, 0.2) is 42.5 Å². The van der Waals surface area contributed by atoms with Crippen LogP contribution in [0, 0.1) is 0 Å². The Bertz CT molecular complexity index is 920. The highest BCUT2D eigenvalue weighted by atomic mass is 32.1. The predicted octanol–water partition coefficient (Wildman–Crippen LogP) is 3.52. The Morgan fingerprint density at radius 1 is 1.12 bits per heavy atom. The van der Waals surface area contributed by atoms with Crippen molar-refractivity contribution in [1.29, 1.82) is 0 Å². The first-order valence-corrected chi connectivity index (χ1v) is 8.00. The first kappa shape index (κ1) is 15.9. The molecule has 0 aliphatic carbocycles. The molecule has 0 saturated carbocycles. The fourth-order valence-electron chi connectivity index (χ4n) is 2.18. The van der Waals surface area contributed by atoms with Crippen LogP contribution in [0.1, 0.15) is 17.3 Å². The van der Waals surface area contributed by atoms with Gasteiger partial charge in [-0.3, -0.25) is 9.59 Å². The first-order chi connectivity index (χ1) is 11.5. The van der Waals surface area contributed by atoms with Crippen molar-refractivity contribution in [2.75, 3.05) is 17.7 Å². The van der Waals surface area contributed by atoms with Gasteiger partial charge in [-0.25, -0.2) is 4.98 Å². The quantitative estimate of drug-likeness (QED) is 0.761. The number of benzene rings is 2. The third-order valence-corrected chi connectivity index (χ3v) is 4.21. The van der Waals surface area contributed by atoms with Crippen molar-refractivity contribution < 1.29 is 14.3 Å². The number of aromatic nitrogens is 1. The molecule has 7 heteroatoms. The molecule has 0 aliphatic heterocycles. The molecule has 0 atom stereocenters. The molecule has 2 aromatic carbocycles. The van der Waals surface area contributed by atoms with Crippen LogP contribution in [0.25, 0.3) is 10.2 Å². The van der Waals surface area contributed by atoms with Crippen LogP contribution in [-0.4, -0.2) is 23.9 Å². The Balaban J connectivity index is 1.81. The topological polar surface area (TPSA) is 80.3 Å². The van der Waals surface area contributed by atoms with Gasteiger partial charge >= 0.3 is 0 Å². The third kappa shape index (κ3) is 3.52. The molecule has 0 aliphatic rings. The van der Waals surface area contributed by atoms with Crippen LogP contribution in [0.2, 0.25) is 0 Å². The molecule has 0 unspecified atom stereocenters. The Labute approximate surface area is 142 Å². The van der Waals surface area contributed by atoms with Gasteiger partial charge in [-0.1, -0.05) is 17.4 Å². The number of nitrogens with one attached hydrogen (secondary N) is 2. The maximum absolute atomic E-state index is 12.3. The Kier molecular flexibility index (Phi) is 4.43. The molecule has 0 spiro atoms. The number of rotatable bonds is 4. The molecule has 2 amide bonds. The molecular weight excluding hydrogens is 326 g/mol. The van der Waals surface area contributed by atoms with Crippen molar-refractivity contribution in [3.63, 3.8) is 0 Å². The zero-order chi connectivity index (χ0) is 17.1. The van der Waals surface area contributed by atoms with Gasteiger partial charge in [0.15, 0.2) is 5.13 Å². The smallest absolute Gasteiger partial charge is 0.255 e. The second kappa shape index (κ2) is 6.67. The number of carbonyl (C=O) groups excluding carboxylic acids is 2. The fraction of sp³-hybridized carbons (Fsp3) is 0.118. The highest BCUT2D eigenvalue weighted by Crippen LogP contribution is 2.28. The van der Waals surface area contributed by atoms with Crippen molar-refractivity contribution in [2.45, 2.75) is 6.92 Å². The van der Waals surface area contributed by atoms with Gasteiger partial charge in [-0.2, -0.15) is 0 Å². The van der Waals surface area contributed by atoms with Crippen molar-refractivity contribution in [3.8, 4) is 5.75 Å². The normalized spacial score (nSPS) is 10.4. The molecule has 24 heavy (non-hydrogen) atoms. The van der Waals surface area contributed by atoms with Gasteiger partial charge in [0.25, 0.3) is 5.91 Å². The summed E-state index contributed by atoms with van der Waals surface area (Å²) in [7, 11) is 1.56. The number of hydrogen-bond donors (Lipinski definition) is 2. The molecule has 0 saturated heterocycles. The summed E-state index contributed by atoms with van der Waals surface area (Å²) in [6, 6.07) is 12.4. The summed E-state index contributed by atoms with van der Waals surface area (Å²) in [5, 5.41) is 6.03. The van der Waals surface area contributed by atoms with E-state index in [1.807, 2.05) is 6.07 Å². The van der Waals surface area contributed by atoms with E-state index in [1.165, 1.54) is 18.3 Å². The number of amides is 2. The van der Waals surface area contributed by atoms with E-state index < -0.39 is 0 Å². The number of thiazole rings is 1. The lowest BCUT2D eigenvalue weighted by molar-refractivity contribution is -0.114. The summed E-state index contributed by atoms with van der Waals surface area (Å²) in [6.07, 6.45) is 0. The molecule has 3 aromatic rings. The molecule has 3 rings (SSSR count). The van der Waals surface area contributed by atoms with E-state index in [9.17, 15) is 9.59 Å². The fourth-order valence-corrected chi connectivity index (χ4v) is 3.07.